The van der Waals surface area contributed by atoms with E-state index in [0.717, 1.165) is 0 Å². The Morgan fingerprint density at radius 1 is 1.06 bits per heavy atom. The van der Waals surface area contributed by atoms with Crippen LogP contribution in [0.15, 0.2) is 48.5 Å². The first-order chi connectivity index (χ1) is 8.70. The molecule has 0 spiro atoms. The summed E-state index contributed by atoms with van der Waals surface area (Å²) in [6.45, 7) is 0.220. The smallest absolute Gasteiger partial charge is 0.128 e. The Morgan fingerprint density at radius 2 is 1.83 bits per heavy atom. The molecule has 0 aliphatic heterocycles. The summed E-state index contributed by atoms with van der Waals surface area (Å²) >= 11 is 0. The number of hydrogen-bond donors (Lipinski definition) is 2. The van der Waals surface area contributed by atoms with Gasteiger partial charge in [-0.2, -0.15) is 0 Å². The van der Waals surface area contributed by atoms with Crippen molar-refractivity contribution in [1.82, 2.24) is 0 Å². The van der Waals surface area contributed by atoms with E-state index in [4.69, 9.17) is 5.73 Å². The van der Waals surface area contributed by atoms with Gasteiger partial charge in [-0.25, -0.2) is 8.78 Å². The van der Waals surface area contributed by atoms with Crippen molar-refractivity contribution in [3.63, 3.8) is 0 Å². The predicted octanol–water partition coefficient (Wildman–Crippen LogP) is 3.08. The molecule has 0 aromatic heterocycles. The van der Waals surface area contributed by atoms with Crippen molar-refractivity contribution in [1.29, 1.82) is 0 Å². The molecule has 0 saturated heterocycles. The van der Waals surface area contributed by atoms with Gasteiger partial charge in [-0.3, -0.25) is 0 Å². The Labute approximate surface area is 104 Å². The summed E-state index contributed by atoms with van der Waals surface area (Å²) in [6, 6.07) is 12.0. The zero-order valence-corrected chi connectivity index (χ0v) is 9.74. The molecule has 0 bridgehead atoms. The molecule has 1 unspecified atom stereocenters. The van der Waals surface area contributed by atoms with Crippen molar-refractivity contribution in [3.8, 4) is 0 Å². The van der Waals surface area contributed by atoms with Gasteiger partial charge in [0.05, 0.1) is 6.04 Å². The SMILES string of the molecule is NCC(Nc1cccc(F)c1)c1ccccc1F. The highest BCUT2D eigenvalue weighted by Crippen LogP contribution is 2.21. The number of hydrogen-bond acceptors (Lipinski definition) is 2. The molecular formula is C14H14F2N2. The minimum Gasteiger partial charge on any atom is -0.377 e. The normalized spacial score (nSPS) is 12.2. The van der Waals surface area contributed by atoms with Crippen LogP contribution >= 0.6 is 0 Å². The van der Waals surface area contributed by atoms with Crippen LogP contribution in [0.3, 0.4) is 0 Å². The third kappa shape index (κ3) is 2.84. The Hall–Kier alpha value is -1.94. The highest BCUT2D eigenvalue weighted by Gasteiger charge is 2.13. The molecule has 1 atom stereocenters. The topological polar surface area (TPSA) is 38.0 Å². The van der Waals surface area contributed by atoms with E-state index in [2.05, 4.69) is 5.32 Å². The molecule has 94 valence electrons. The molecule has 0 aliphatic rings. The van der Waals surface area contributed by atoms with Crippen molar-refractivity contribution in [3.05, 3.63) is 65.7 Å². The van der Waals surface area contributed by atoms with Crippen LogP contribution in [-0.2, 0) is 0 Å². The fraction of sp³-hybridized carbons (Fsp3) is 0.143. The molecule has 18 heavy (non-hydrogen) atoms. The third-order valence-electron chi connectivity index (χ3n) is 2.68. The number of rotatable bonds is 4. The van der Waals surface area contributed by atoms with Crippen molar-refractivity contribution in [2.75, 3.05) is 11.9 Å². The Kier molecular flexibility index (Phi) is 3.89. The molecule has 0 saturated carbocycles. The van der Waals surface area contributed by atoms with Crippen LogP contribution in [0, 0.1) is 11.6 Å². The molecule has 0 amide bonds. The fourth-order valence-electron chi connectivity index (χ4n) is 1.80. The van der Waals surface area contributed by atoms with E-state index in [1.54, 1.807) is 30.3 Å². The first-order valence-corrected chi connectivity index (χ1v) is 5.67. The van der Waals surface area contributed by atoms with E-state index in [0.29, 0.717) is 11.3 Å². The second-order valence-electron chi connectivity index (χ2n) is 3.96. The number of halogens is 2. The summed E-state index contributed by atoms with van der Waals surface area (Å²) in [5.41, 5.74) is 6.69. The number of nitrogens with two attached hydrogens (primary N) is 1. The average Bonchev–Trinajstić information content (AvgIpc) is 2.37. The quantitative estimate of drug-likeness (QED) is 0.872. The van der Waals surface area contributed by atoms with Gasteiger partial charge in [0.2, 0.25) is 0 Å². The Balaban J connectivity index is 2.23. The van der Waals surface area contributed by atoms with Crippen molar-refractivity contribution in [2.45, 2.75) is 6.04 Å². The number of benzene rings is 2. The second kappa shape index (κ2) is 5.60. The average molecular weight is 248 g/mol. The first kappa shape index (κ1) is 12.5. The van der Waals surface area contributed by atoms with Gasteiger partial charge in [0.15, 0.2) is 0 Å². The summed E-state index contributed by atoms with van der Waals surface area (Å²) in [4.78, 5) is 0. The molecule has 0 aliphatic carbocycles. The first-order valence-electron chi connectivity index (χ1n) is 5.67. The summed E-state index contributed by atoms with van der Waals surface area (Å²) in [7, 11) is 0. The lowest BCUT2D eigenvalue weighted by Crippen LogP contribution is -2.21. The van der Waals surface area contributed by atoms with Crippen LogP contribution in [-0.4, -0.2) is 6.54 Å². The van der Waals surface area contributed by atoms with Crippen LogP contribution < -0.4 is 11.1 Å². The summed E-state index contributed by atoms with van der Waals surface area (Å²) in [5, 5.41) is 3.02. The summed E-state index contributed by atoms with van der Waals surface area (Å²) in [6.07, 6.45) is 0. The van der Waals surface area contributed by atoms with Crippen molar-refractivity contribution < 1.29 is 8.78 Å². The fourth-order valence-corrected chi connectivity index (χ4v) is 1.80. The number of nitrogens with one attached hydrogen (secondary N) is 1. The van der Waals surface area contributed by atoms with Crippen molar-refractivity contribution in [2.24, 2.45) is 5.73 Å². The van der Waals surface area contributed by atoms with Gasteiger partial charge in [0.25, 0.3) is 0 Å². The standard InChI is InChI=1S/C14H14F2N2/c15-10-4-3-5-11(8-10)18-14(9-17)12-6-1-2-7-13(12)16/h1-8,14,18H,9,17H2. The zero-order valence-electron chi connectivity index (χ0n) is 9.74. The lowest BCUT2D eigenvalue weighted by atomic mass is 10.1. The summed E-state index contributed by atoms with van der Waals surface area (Å²) in [5.74, 6) is -0.666. The lowest BCUT2D eigenvalue weighted by Gasteiger charge is -2.19. The van der Waals surface area contributed by atoms with E-state index >= 15 is 0 Å². The van der Waals surface area contributed by atoms with Gasteiger partial charge >= 0.3 is 0 Å². The summed E-state index contributed by atoms with van der Waals surface area (Å²) < 4.78 is 26.7. The minimum atomic E-state index is -0.381. The maximum Gasteiger partial charge on any atom is 0.128 e. The monoisotopic (exact) mass is 248 g/mol. The van der Waals surface area contributed by atoms with E-state index in [1.165, 1.54) is 18.2 Å². The van der Waals surface area contributed by atoms with Crippen LogP contribution in [0.25, 0.3) is 0 Å². The van der Waals surface area contributed by atoms with Crippen LogP contribution in [0.2, 0.25) is 0 Å². The Bertz CT molecular complexity index is 529. The molecule has 0 radical (unpaired) electrons. The maximum atomic E-state index is 13.6. The highest BCUT2D eigenvalue weighted by atomic mass is 19.1. The van der Waals surface area contributed by atoms with Gasteiger partial charge in [-0.1, -0.05) is 24.3 Å². The maximum absolute atomic E-state index is 13.6. The largest absolute Gasteiger partial charge is 0.377 e. The zero-order chi connectivity index (χ0) is 13.0. The molecule has 0 fully saturated rings. The van der Waals surface area contributed by atoms with Gasteiger partial charge in [-0.15, -0.1) is 0 Å². The molecule has 4 heteroatoms. The van der Waals surface area contributed by atoms with Gasteiger partial charge < -0.3 is 11.1 Å². The van der Waals surface area contributed by atoms with E-state index in [-0.39, 0.29) is 24.2 Å². The molecule has 2 aromatic carbocycles. The Morgan fingerprint density at radius 3 is 2.50 bits per heavy atom. The molecule has 3 N–H and O–H groups in total. The lowest BCUT2D eigenvalue weighted by molar-refractivity contribution is 0.593. The van der Waals surface area contributed by atoms with Crippen LogP contribution in [0.4, 0.5) is 14.5 Å². The molecule has 0 heterocycles. The van der Waals surface area contributed by atoms with Gasteiger partial charge in [-0.05, 0) is 24.3 Å². The van der Waals surface area contributed by atoms with Crippen LogP contribution in [0.1, 0.15) is 11.6 Å². The molecular weight excluding hydrogens is 234 g/mol. The minimum absolute atomic E-state index is 0.220. The predicted molar refractivity (Wildman–Crippen MR) is 68.2 cm³/mol. The van der Waals surface area contributed by atoms with E-state index in [1.807, 2.05) is 0 Å². The van der Waals surface area contributed by atoms with Gasteiger partial charge in [0, 0.05) is 17.8 Å². The molecule has 2 rings (SSSR count). The van der Waals surface area contributed by atoms with Crippen LogP contribution in [0.5, 0.6) is 0 Å². The second-order valence-corrected chi connectivity index (χ2v) is 3.96. The number of anilines is 1. The molecule has 2 nitrogen and oxygen atoms in total. The third-order valence-corrected chi connectivity index (χ3v) is 2.68. The van der Waals surface area contributed by atoms with E-state index in [9.17, 15) is 8.78 Å². The highest BCUT2D eigenvalue weighted by molar-refractivity contribution is 5.46. The van der Waals surface area contributed by atoms with Gasteiger partial charge in [0.1, 0.15) is 11.6 Å². The molecule has 2 aromatic rings. The van der Waals surface area contributed by atoms with E-state index < -0.39 is 0 Å². The van der Waals surface area contributed by atoms with Crippen molar-refractivity contribution >= 4 is 5.69 Å².